The van der Waals surface area contributed by atoms with Crippen LogP contribution in [0.15, 0.2) is 47.5 Å². The van der Waals surface area contributed by atoms with Gasteiger partial charge in [0, 0.05) is 0 Å². The number of alkyl halides is 1. The molecule has 0 aromatic heterocycles. The van der Waals surface area contributed by atoms with Crippen LogP contribution in [0.5, 0.6) is 0 Å². The van der Waals surface area contributed by atoms with E-state index in [0.29, 0.717) is 18.7 Å². The van der Waals surface area contributed by atoms with E-state index in [4.69, 9.17) is 16.3 Å². The minimum Gasteiger partial charge on any atom is -0.461 e. The minimum atomic E-state index is -0.625. The van der Waals surface area contributed by atoms with Crippen molar-refractivity contribution in [2.24, 2.45) is 16.8 Å². The summed E-state index contributed by atoms with van der Waals surface area (Å²) in [4.78, 5) is 41.6. The third kappa shape index (κ3) is 7.99. The number of hydrazine groups is 1. The summed E-state index contributed by atoms with van der Waals surface area (Å²) in [5.74, 6) is -2.03. The average molecular weight is 434 g/mol. The number of carbonyl (C=O) groups is 3. The lowest BCUT2D eigenvalue weighted by Crippen LogP contribution is -2.51. The number of hydrogen-bond acceptors (Lipinski definition) is 5. The predicted octanol–water partition coefficient (Wildman–Crippen LogP) is 2.89. The minimum absolute atomic E-state index is 0.0688. The highest BCUT2D eigenvalue weighted by Gasteiger charge is 2.27. The Labute approximate surface area is 182 Å². The van der Waals surface area contributed by atoms with Crippen LogP contribution in [-0.2, 0) is 25.7 Å². The van der Waals surface area contributed by atoms with Gasteiger partial charge in [0.05, 0.1) is 31.1 Å². The molecule has 1 aromatic carbocycles. The number of nitrogens with one attached hydrogen (secondary N) is 1. The van der Waals surface area contributed by atoms with E-state index in [9.17, 15) is 14.4 Å². The van der Waals surface area contributed by atoms with Gasteiger partial charge in [-0.05, 0) is 24.0 Å². The van der Waals surface area contributed by atoms with Crippen LogP contribution in [0.1, 0.15) is 32.3 Å². The van der Waals surface area contributed by atoms with Crippen molar-refractivity contribution in [3.63, 3.8) is 0 Å². The lowest BCUT2D eigenvalue weighted by Gasteiger charge is -2.25. The summed E-state index contributed by atoms with van der Waals surface area (Å²) in [5, 5.41) is 1.16. The van der Waals surface area contributed by atoms with E-state index in [-0.39, 0.29) is 31.4 Å². The number of nitrogens with zero attached hydrogens (tertiary/aromatic N) is 2. The fourth-order valence-electron chi connectivity index (χ4n) is 3.01. The Hall–Kier alpha value is -2.67. The molecule has 1 aliphatic rings. The zero-order chi connectivity index (χ0) is 21.9. The van der Waals surface area contributed by atoms with E-state index < -0.39 is 23.7 Å². The van der Waals surface area contributed by atoms with Crippen molar-refractivity contribution in [3.05, 3.63) is 48.0 Å². The van der Waals surface area contributed by atoms with Crippen molar-refractivity contribution in [2.75, 3.05) is 19.0 Å². The van der Waals surface area contributed by atoms with Crippen molar-refractivity contribution < 1.29 is 19.1 Å². The third-order valence-electron chi connectivity index (χ3n) is 4.47. The van der Waals surface area contributed by atoms with Gasteiger partial charge in [0.2, 0.25) is 5.91 Å². The Balaban J connectivity index is 1.98. The number of benzene rings is 1. The molecule has 0 bridgehead atoms. The fourth-order valence-corrected chi connectivity index (χ4v) is 3.16. The largest absolute Gasteiger partial charge is 0.461 e. The number of aliphatic imine (C=N–C) groups is 1. The van der Waals surface area contributed by atoms with Crippen molar-refractivity contribution >= 4 is 35.1 Å². The molecule has 1 aliphatic heterocycles. The summed E-state index contributed by atoms with van der Waals surface area (Å²) >= 11 is 5.69. The zero-order valence-corrected chi connectivity index (χ0v) is 18.1. The molecule has 0 fully saturated rings. The van der Waals surface area contributed by atoms with E-state index in [2.05, 4.69) is 10.4 Å². The van der Waals surface area contributed by atoms with Gasteiger partial charge >= 0.3 is 5.97 Å². The Morgan fingerprint density at radius 1 is 1.23 bits per heavy atom. The highest BCUT2D eigenvalue weighted by atomic mass is 35.5. The molecule has 1 atom stereocenters. The zero-order valence-electron chi connectivity index (χ0n) is 17.3. The Morgan fingerprint density at radius 2 is 1.97 bits per heavy atom. The smallest absolute Gasteiger partial charge is 0.306 e. The molecule has 8 heteroatoms. The number of halogens is 1. The second-order valence-electron chi connectivity index (χ2n) is 7.50. The van der Waals surface area contributed by atoms with Gasteiger partial charge in [0.1, 0.15) is 12.5 Å². The predicted molar refractivity (Wildman–Crippen MR) is 116 cm³/mol. The highest BCUT2D eigenvalue weighted by molar-refractivity contribution is 6.27. The molecule has 2 rings (SSSR count). The van der Waals surface area contributed by atoms with Gasteiger partial charge in [-0.2, -0.15) is 0 Å². The number of ether oxygens (including phenoxy) is 1. The first-order valence-corrected chi connectivity index (χ1v) is 10.5. The lowest BCUT2D eigenvalue weighted by atomic mass is 9.93. The van der Waals surface area contributed by atoms with Crippen LogP contribution in [0, 0.1) is 11.8 Å². The van der Waals surface area contributed by atoms with Crippen LogP contribution in [0.25, 0.3) is 0 Å². The molecule has 0 radical (unpaired) electrons. The van der Waals surface area contributed by atoms with Crippen molar-refractivity contribution in [1.82, 2.24) is 10.4 Å². The first-order valence-electron chi connectivity index (χ1n) is 9.95. The van der Waals surface area contributed by atoms with Crippen LogP contribution in [0.4, 0.5) is 0 Å². The van der Waals surface area contributed by atoms with Crippen molar-refractivity contribution in [1.29, 1.82) is 0 Å². The lowest BCUT2D eigenvalue weighted by molar-refractivity contribution is -0.149. The van der Waals surface area contributed by atoms with E-state index >= 15 is 0 Å². The molecule has 0 aliphatic carbocycles. The maximum atomic E-state index is 12.9. The van der Waals surface area contributed by atoms with E-state index in [1.54, 1.807) is 6.08 Å². The van der Waals surface area contributed by atoms with Crippen LogP contribution in [0.2, 0.25) is 0 Å². The number of hydrogen-bond donors (Lipinski definition) is 1. The first kappa shape index (κ1) is 23.6. The fraction of sp³-hybridized carbons (Fsp3) is 0.455. The normalized spacial score (nSPS) is 13.7. The quantitative estimate of drug-likeness (QED) is 0.349. The summed E-state index contributed by atoms with van der Waals surface area (Å²) in [6, 6.07) is 9.34. The maximum Gasteiger partial charge on any atom is 0.306 e. The molecule has 0 spiro atoms. The molecule has 0 saturated heterocycles. The molecule has 7 nitrogen and oxygen atoms in total. The summed E-state index contributed by atoms with van der Waals surface area (Å²) in [6.45, 7) is 4.76. The Bertz CT molecular complexity index is 793. The van der Waals surface area contributed by atoms with Gasteiger partial charge in [-0.25, -0.2) is 5.01 Å². The third-order valence-corrected chi connectivity index (χ3v) is 4.70. The van der Waals surface area contributed by atoms with Crippen LogP contribution < -0.4 is 5.43 Å². The second kappa shape index (κ2) is 12.1. The molecule has 1 N–H and O–H groups in total. The maximum absolute atomic E-state index is 12.9. The second-order valence-corrected chi connectivity index (χ2v) is 7.77. The van der Waals surface area contributed by atoms with Crippen LogP contribution in [0.3, 0.4) is 0 Å². The Morgan fingerprint density at radius 3 is 2.57 bits per heavy atom. The molecule has 0 unspecified atom stereocenters. The standard InChI is InChI=1S/C22H28ClN3O4/c1-16(2)11-18(12-21(28)30-15-17-7-4-3-5-8-17)22(29)25-26(20(27)13-23)14-19-9-6-10-24-19/h3-9,16,18H,10-15H2,1-2H3,(H,25,29)/t18-/m1/s1. The molecule has 30 heavy (non-hydrogen) atoms. The van der Waals surface area contributed by atoms with Gasteiger partial charge in [-0.1, -0.05) is 50.3 Å². The van der Waals surface area contributed by atoms with E-state index in [1.165, 1.54) is 0 Å². The topological polar surface area (TPSA) is 88.1 Å². The number of amides is 2. The van der Waals surface area contributed by atoms with Gasteiger partial charge in [0.25, 0.3) is 5.91 Å². The molecule has 0 saturated carbocycles. The summed E-state index contributed by atoms with van der Waals surface area (Å²) < 4.78 is 5.32. The monoisotopic (exact) mass is 433 g/mol. The SMILES string of the molecule is CC(C)C[C@H](CC(=O)OCc1ccccc1)C(=O)NN(CC1=NCC=C1)C(=O)CCl. The number of esters is 1. The number of rotatable bonds is 10. The first-order chi connectivity index (χ1) is 14.4. The van der Waals surface area contributed by atoms with Crippen molar-refractivity contribution in [2.45, 2.75) is 33.3 Å². The van der Waals surface area contributed by atoms with Gasteiger partial charge in [-0.3, -0.25) is 24.8 Å². The van der Waals surface area contributed by atoms with Gasteiger partial charge in [-0.15, -0.1) is 11.6 Å². The van der Waals surface area contributed by atoms with Crippen molar-refractivity contribution in [3.8, 4) is 0 Å². The summed E-state index contributed by atoms with van der Waals surface area (Å²) in [5.41, 5.74) is 4.17. The highest BCUT2D eigenvalue weighted by Crippen LogP contribution is 2.17. The average Bonchev–Trinajstić information content (AvgIpc) is 3.24. The van der Waals surface area contributed by atoms with E-state index in [1.807, 2.05) is 50.3 Å². The molecule has 2 amide bonds. The molecule has 162 valence electrons. The molecular weight excluding hydrogens is 406 g/mol. The molecule has 1 heterocycles. The van der Waals surface area contributed by atoms with Gasteiger partial charge < -0.3 is 4.74 Å². The Kier molecular flexibility index (Phi) is 9.54. The summed E-state index contributed by atoms with van der Waals surface area (Å²) in [7, 11) is 0. The van der Waals surface area contributed by atoms with Crippen LogP contribution in [-0.4, -0.2) is 47.5 Å². The van der Waals surface area contributed by atoms with Crippen LogP contribution >= 0.6 is 11.6 Å². The number of carbonyl (C=O) groups excluding carboxylic acids is 3. The molecular formula is C22H28ClN3O4. The van der Waals surface area contributed by atoms with Gasteiger partial charge in [0.15, 0.2) is 0 Å². The molecule has 1 aromatic rings. The summed E-state index contributed by atoms with van der Waals surface area (Å²) in [6.07, 6.45) is 4.08. The van der Waals surface area contributed by atoms with E-state index in [0.717, 1.165) is 10.6 Å².